The molecule has 0 aliphatic rings. The Morgan fingerprint density at radius 2 is 1.91 bits per heavy atom. The van der Waals surface area contributed by atoms with Crippen LogP contribution >= 0.6 is 22.6 Å². The summed E-state index contributed by atoms with van der Waals surface area (Å²) in [5, 5.41) is 0. The van der Waals surface area contributed by atoms with E-state index in [-0.39, 0.29) is 18.1 Å². The summed E-state index contributed by atoms with van der Waals surface area (Å²) >= 11 is 1.83. The van der Waals surface area contributed by atoms with Crippen molar-refractivity contribution < 1.29 is 14.3 Å². The monoisotopic (exact) mass is 428 g/mol. The zero-order valence-electron chi connectivity index (χ0n) is 13.1. The van der Waals surface area contributed by atoms with Crippen LogP contribution in [0.15, 0.2) is 35.1 Å². The van der Waals surface area contributed by atoms with E-state index in [1.165, 1.54) is 0 Å². The lowest BCUT2D eigenvalue weighted by molar-refractivity contribution is 0.00573. The fourth-order valence-corrected chi connectivity index (χ4v) is 2.25. The molecule has 1 N–H and O–H groups in total. The van der Waals surface area contributed by atoms with Gasteiger partial charge in [-0.2, -0.15) is 0 Å². The molecule has 1 aromatic carbocycles. The quantitative estimate of drug-likeness (QED) is 0.460. The van der Waals surface area contributed by atoms with Crippen LogP contribution < -0.4 is 10.3 Å². The number of esters is 1. The third kappa shape index (κ3) is 5.05. The van der Waals surface area contributed by atoms with Crippen molar-refractivity contribution in [1.29, 1.82) is 0 Å². The predicted molar refractivity (Wildman–Crippen MR) is 93.5 cm³/mol. The highest BCUT2D eigenvalue weighted by Crippen LogP contribution is 2.18. The fraction of sp³-hybridized carbons (Fsp3) is 0.312. The van der Waals surface area contributed by atoms with Crippen LogP contribution in [0.3, 0.4) is 0 Å². The first kappa shape index (κ1) is 17.5. The molecule has 2 rings (SSSR count). The normalized spacial score (nSPS) is 11.1. The number of aromatic nitrogens is 2. The molecule has 0 atom stereocenters. The molecule has 0 radical (unpaired) electrons. The molecule has 0 aliphatic heterocycles. The van der Waals surface area contributed by atoms with Gasteiger partial charge in [-0.05, 0) is 48.9 Å². The van der Waals surface area contributed by atoms with Crippen LogP contribution in [0.25, 0.3) is 0 Å². The van der Waals surface area contributed by atoms with E-state index < -0.39 is 17.1 Å². The van der Waals surface area contributed by atoms with Crippen LogP contribution in [-0.2, 0) is 11.3 Å². The van der Waals surface area contributed by atoms with E-state index in [4.69, 9.17) is 9.47 Å². The van der Waals surface area contributed by atoms with Crippen molar-refractivity contribution in [1.82, 2.24) is 9.97 Å². The first-order valence-corrected chi connectivity index (χ1v) is 8.04. The second kappa shape index (κ2) is 7.12. The Labute approximate surface area is 147 Å². The van der Waals surface area contributed by atoms with Crippen molar-refractivity contribution in [3.8, 4) is 5.75 Å². The number of nitrogens with zero attached hydrogens (tertiary/aromatic N) is 1. The molecular weight excluding hydrogens is 411 g/mol. The van der Waals surface area contributed by atoms with E-state index in [9.17, 15) is 9.59 Å². The first-order valence-electron chi connectivity index (χ1n) is 6.96. The zero-order chi connectivity index (χ0) is 17.0. The molecule has 0 fully saturated rings. The molecule has 23 heavy (non-hydrogen) atoms. The number of hydrogen-bond acceptors (Lipinski definition) is 5. The number of rotatable bonds is 4. The molecule has 0 aliphatic carbocycles. The summed E-state index contributed by atoms with van der Waals surface area (Å²) in [6, 6.07) is 9.34. The Bertz CT molecular complexity index is 751. The number of ether oxygens (including phenoxy) is 2. The number of halogens is 1. The third-order valence-electron chi connectivity index (χ3n) is 2.67. The summed E-state index contributed by atoms with van der Waals surface area (Å²) in [5.74, 6) is -0.826. The minimum absolute atomic E-state index is 0.121. The number of carbonyl (C=O) groups is 1. The molecule has 2 aromatic rings. The molecular formula is C16H17IN2O4. The predicted octanol–water partition coefficient (Wildman–Crippen LogP) is 2.91. The number of nitrogens with one attached hydrogen (secondary N) is 1. The van der Waals surface area contributed by atoms with Gasteiger partial charge in [-0.3, -0.25) is 9.78 Å². The number of benzene rings is 1. The van der Waals surface area contributed by atoms with Crippen molar-refractivity contribution in [2.24, 2.45) is 0 Å². The summed E-state index contributed by atoms with van der Waals surface area (Å²) in [6.45, 7) is 5.39. The van der Waals surface area contributed by atoms with Crippen LogP contribution in [0.1, 0.15) is 36.8 Å². The number of hydrogen-bond donors (Lipinski definition) is 1. The van der Waals surface area contributed by atoms with Crippen molar-refractivity contribution >= 4 is 28.6 Å². The molecule has 7 heteroatoms. The summed E-state index contributed by atoms with van der Waals surface area (Å²) in [4.78, 5) is 31.0. The maximum Gasteiger partial charge on any atom is 0.361 e. The lowest BCUT2D eigenvalue weighted by atomic mass is 10.2. The Morgan fingerprint density at radius 1 is 1.26 bits per heavy atom. The van der Waals surface area contributed by atoms with E-state index in [0.29, 0.717) is 3.83 Å². The first-order chi connectivity index (χ1) is 10.8. The highest BCUT2D eigenvalue weighted by atomic mass is 127. The van der Waals surface area contributed by atoms with Gasteiger partial charge in [0.2, 0.25) is 5.75 Å². The van der Waals surface area contributed by atoms with Gasteiger partial charge in [-0.25, -0.2) is 9.78 Å². The molecule has 122 valence electrons. The summed E-state index contributed by atoms with van der Waals surface area (Å²) < 4.78 is 11.1. The SMILES string of the molecule is CC(C)(C)OC(=O)c1nc(I)[nH]c(=O)c1OCc1ccccc1. The summed E-state index contributed by atoms with van der Waals surface area (Å²) in [6.07, 6.45) is 0. The van der Waals surface area contributed by atoms with Crippen molar-refractivity contribution in [2.45, 2.75) is 33.0 Å². The van der Waals surface area contributed by atoms with Gasteiger partial charge in [0.25, 0.3) is 5.56 Å². The third-order valence-corrected chi connectivity index (χ3v) is 3.18. The average Bonchev–Trinajstić information content (AvgIpc) is 2.45. The summed E-state index contributed by atoms with van der Waals surface area (Å²) in [7, 11) is 0. The number of aromatic amines is 1. The van der Waals surface area contributed by atoms with Crippen LogP contribution in [0.5, 0.6) is 5.75 Å². The molecule has 0 saturated heterocycles. The van der Waals surface area contributed by atoms with Crippen LogP contribution in [0.2, 0.25) is 0 Å². The second-order valence-electron chi connectivity index (χ2n) is 5.81. The molecule has 0 saturated carbocycles. The smallest absolute Gasteiger partial charge is 0.361 e. The van der Waals surface area contributed by atoms with Crippen LogP contribution in [-0.4, -0.2) is 21.5 Å². The topological polar surface area (TPSA) is 81.3 Å². The molecule has 0 bridgehead atoms. The van der Waals surface area contributed by atoms with Gasteiger partial charge in [-0.15, -0.1) is 0 Å². The molecule has 0 spiro atoms. The van der Waals surface area contributed by atoms with Crippen LogP contribution in [0.4, 0.5) is 0 Å². The van der Waals surface area contributed by atoms with E-state index >= 15 is 0 Å². The van der Waals surface area contributed by atoms with Gasteiger partial charge >= 0.3 is 5.97 Å². The standard InChI is InChI=1S/C16H17IN2O4/c1-16(2,3)23-14(21)11-12(13(20)19-15(17)18-11)22-9-10-7-5-4-6-8-10/h4-8H,9H2,1-3H3,(H,18,19,20). The minimum atomic E-state index is -0.691. The molecule has 1 heterocycles. The fourth-order valence-electron chi connectivity index (χ4n) is 1.76. The molecule has 0 unspecified atom stereocenters. The molecule has 1 aromatic heterocycles. The van der Waals surface area contributed by atoms with E-state index in [2.05, 4.69) is 9.97 Å². The van der Waals surface area contributed by atoms with Gasteiger partial charge in [0.15, 0.2) is 9.53 Å². The zero-order valence-corrected chi connectivity index (χ0v) is 15.2. The summed E-state index contributed by atoms with van der Waals surface area (Å²) in [5.41, 5.74) is -0.450. The number of carbonyl (C=O) groups excluding carboxylic acids is 1. The second-order valence-corrected chi connectivity index (χ2v) is 6.83. The van der Waals surface area contributed by atoms with E-state index in [1.54, 1.807) is 20.8 Å². The largest absolute Gasteiger partial charge is 0.481 e. The minimum Gasteiger partial charge on any atom is -0.481 e. The number of H-pyrrole nitrogens is 1. The lowest BCUT2D eigenvalue weighted by Gasteiger charge is -2.19. The maximum absolute atomic E-state index is 12.3. The van der Waals surface area contributed by atoms with Crippen molar-refractivity contribution in [3.63, 3.8) is 0 Å². The van der Waals surface area contributed by atoms with Crippen molar-refractivity contribution in [2.75, 3.05) is 0 Å². The average molecular weight is 428 g/mol. The maximum atomic E-state index is 12.3. The molecule has 6 nitrogen and oxygen atoms in total. The van der Waals surface area contributed by atoms with Crippen molar-refractivity contribution in [3.05, 3.63) is 55.8 Å². The van der Waals surface area contributed by atoms with E-state index in [0.717, 1.165) is 5.56 Å². The van der Waals surface area contributed by atoms with Gasteiger partial charge < -0.3 is 9.47 Å². The Morgan fingerprint density at radius 3 is 2.52 bits per heavy atom. The van der Waals surface area contributed by atoms with Gasteiger partial charge in [-0.1, -0.05) is 30.3 Å². The Hall–Kier alpha value is -1.90. The Kier molecular flexibility index (Phi) is 5.40. The van der Waals surface area contributed by atoms with E-state index in [1.807, 2.05) is 52.9 Å². The highest BCUT2D eigenvalue weighted by Gasteiger charge is 2.25. The molecule has 0 amide bonds. The van der Waals surface area contributed by atoms with Crippen LogP contribution in [0, 0.1) is 3.83 Å². The van der Waals surface area contributed by atoms with Gasteiger partial charge in [0, 0.05) is 0 Å². The lowest BCUT2D eigenvalue weighted by Crippen LogP contribution is -2.27. The van der Waals surface area contributed by atoms with Gasteiger partial charge in [0.05, 0.1) is 0 Å². The van der Waals surface area contributed by atoms with Gasteiger partial charge in [0.1, 0.15) is 12.2 Å². The Balaban J connectivity index is 2.31. The highest BCUT2D eigenvalue weighted by molar-refractivity contribution is 14.1.